The first-order chi connectivity index (χ1) is 14.0. The molecule has 0 fully saturated rings. The van der Waals surface area contributed by atoms with E-state index in [4.69, 9.17) is 15.5 Å². The normalized spacial score (nSPS) is 11.2. The summed E-state index contributed by atoms with van der Waals surface area (Å²) in [5.74, 6) is 1.85. The van der Waals surface area contributed by atoms with E-state index in [0.29, 0.717) is 12.2 Å². The molecule has 0 aliphatic rings. The number of nitrogen functional groups attached to an aromatic ring is 1. The first-order valence-corrected chi connectivity index (χ1v) is 9.97. The fourth-order valence-electron chi connectivity index (χ4n) is 3.26. The average Bonchev–Trinajstić information content (AvgIpc) is 2.69. The van der Waals surface area contributed by atoms with Gasteiger partial charge in [0.25, 0.3) is 0 Å². The third kappa shape index (κ3) is 5.32. The topological polar surface area (TPSA) is 89.2 Å². The number of unbranched alkanes of at least 4 members (excludes halogenated alkanes) is 1. The minimum Gasteiger partial charge on any atom is -0.496 e. The quantitative estimate of drug-likeness (QED) is 0.537. The van der Waals surface area contributed by atoms with Gasteiger partial charge in [-0.25, -0.2) is 9.97 Å². The molecule has 7 nitrogen and oxygen atoms in total. The van der Waals surface area contributed by atoms with Crippen LogP contribution >= 0.6 is 0 Å². The van der Waals surface area contributed by atoms with Crippen LogP contribution in [-0.2, 0) is 13.0 Å². The lowest BCUT2D eigenvalue weighted by atomic mass is 10.1. The highest BCUT2D eigenvalue weighted by molar-refractivity contribution is 5.86. The SMILES string of the molecule is CCCCNc1nc(N)nc2ccc(Cc3ccc(CN(C)C)c(OC)c3)nc12. The van der Waals surface area contributed by atoms with E-state index in [9.17, 15) is 0 Å². The maximum absolute atomic E-state index is 5.86. The number of hydrogen-bond acceptors (Lipinski definition) is 7. The lowest BCUT2D eigenvalue weighted by molar-refractivity contribution is 0.371. The van der Waals surface area contributed by atoms with Crippen molar-refractivity contribution in [2.45, 2.75) is 32.7 Å². The first-order valence-electron chi connectivity index (χ1n) is 9.97. The van der Waals surface area contributed by atoms with Gasteiger partial charge in [0.2, 0.25) is 5.95 Å². The molecular formula is C22H30N6O. The van der Waals surface area contributed by atoms with Gasteiger partial charge in [0.1, 0.15) is 11.3 Å². The van der Waals surface area contributed by atoms with E-state index >= 15 is 0 Å². The van der Waals surface area contributed by atoms with E-state index in [1.54, 1.807) is 7.11 Å². The average molecular weight is 395 g/mol. The Bertz CT molecular complexity index is 973. The highest BCUT2D eigenvalue weighted by atomic mass is 16.5. The van der Waals surface area contributed by atoms with Gasteiger partial charge >= 0.3 is 0 Å². The van der Waals surface area contributed by atoms with Crippen LogP contribution in [-0.4, -0.2) is 47.6 Å². The number of ether oxygens (including phenoxy) is 1. The number of fused-ring (bicyclic) bond motifs is 1. The molecule has 29 heavy (non-hydrogen) atoms. The summed E-state index contributed by atoms with van der Waals surface area (Å²) in [6.45, 7) is 3.82. The summed E-state index contributed by atoms with van der Waals surface area (Å²) in [5, 5.41) is 3.35. The van der Waals surface area contributed by atoms with Gasteiger partial charge in [-0.3, -0.25) is 0 Å². The second kappa shape index (κ2) is 9.52. The van der Waals surface area contributed by atoms with Gasteiger partial charge in [0.05, 0.1) is 12.6 Å². The number of nitrogens with one attached hydrogen (secondary N) is 1. The van der Waals surface area contributed by atoms with E-state index < -0.39 is 0 Å². The summed E-state index contributed by atoms with van der Waals surface area (Å²) >= 11 is 0. The Morgan fingerprint density at radius 3 is 2.66 bits per heavy atom. The summed E-state index contributed by atoms with van der Waals surface area (Å²) in [7, 11) is 5.81. The Hall–Kier alpha value is -2.93. The monoisotopic (exact) mass is 394 g/mol. The number of nitrogens with zero attached hydrogens (tertiary/aromatic N) is 4. The molecule has 3 rings (SSSR count). The number of rotatable bonds is 9. The Balaban J connectivity index is 1.88. The summed E-state index contributed by atoms with van der Waals surface area (Å²) in [6, 6.07) is 10.3. The molecule has 0 aliphatic heterocycles. The summed E-state index contributed by atoms with van der Waals surface area (Å²) in [4.78, 5) is 15.6. The van der Waals surface area contributed by atoms with E-state index in [1.165, 1.54) is 5.56 Å². The molecule has 0 spiro atoms. The minimum absolute atomic E-state index is 0.257. The van der Waals surface area contributed by atoms with Gasteiger partial charge in [-0.1, -0.05) is 25.5 Å². The third-order valence-electron chi connectivity index (χ3n) is 4.66. The second-order valence-corrected chi connectivity index (χ2v) is 7.44. The van der Waals surface area contributed by atoms with Crippen LogP contribution in [0.2, 0.25) is 0 Å². The maximum Gasteiger partial charge on any atom is 0.222 e. The van der Waals surface area contributed by atoms with Crippen LogP contribution in [0, 0.1) is 0 Å². The first kappa shape index (κ1) is 20.8. The molecule has 0 saturated heterocycles. The molecule has 3 N–H and O–H groups in total. The minimum atomic E-state index is 0.257. The fraction of sp³-hybridized carbons (Fsp3) is 0.409. The fourth-order valence-corrected chi connectivity index (χ4v) is 3.26. The Kier molecular flexibility index (Phi) is 6.82. The van der Waals surface area contributed by atoms with Crippen LogP contribution in [0.5, 0.6) is 5.75 Å². The molecule has 0 bridgehead atoms. The number of pyridine rings is 1. The van der Waals surface area contributed by atoms with Crippen molar-refractivity contribution < 1.29 is 4.74 Å². The third-order valence-corrected chi connectivity index (χ3v) is 4.66. The largest absolute Gasteiger partial charge is 0.496 e. The number of hydrogen-bond donors (Lipinski definition) is 2. The van der Waals surface area contributed by atoms with E-state index in [-0.39, 0.29) is 5.95 Å². The summed E-state index contributed by atoms with van der Waals surface area (Å²) in [5.41, 5.74) is 10.6. The van der Waals surface area contributed by atoms with E-state index in [1.807, 2.05) is 26.2 Å². The van der Waals surface area contributed by atoms with Crippen LogP contribution < -0.4 is 15.8 Å². The lowest BCUT2D eigenvalue weighted by Gasteiger charge is -2.15. The summed E-state index contributed by atoms with van der Waals surface area (Å²) in [6.07, 6.45) is 2.87. The highest BCUT2D eigenvalue weighted by Gasteiger charge is 2.11. The predicted octanol–water partition coefficient (Wildman–Crippen LogP) is 3.48. The Morgan fingerprint density at radius 1 is 1.10 bits per heavy atom. The van der Waals surface area contributed by atoms with Crippen molar-refractivity contribution in [2.75, 3.05) is 38.8 Å². The Morgan fingerprint density at radius 2 is 1.93 bits per heavy atom. The van der Waals surface area contributed by atoms with Gasteiger partial charge in [-0.15, -0.1) is 0 Å². The molecule has 0 radical (unpaired) electrons. The van der Waals surface area contributed by atoms with Gasteiger partial charge in [0.15, 0.2) is 5.82 Å². The van der Waals surface area contributed by atoms with Crippen LogP contribution in [0.1, 0.15) is 36.6 Å². The van der Waals surface area contributed by atoms with Crippen LogP contribution in [0.3, 0.4) is 0 Å². The molecule has 154 valence electrons. The van der Waals surface area contributed by atoms with Crippen LogP contribution in [0.4, 0.5) is 11.8 Å². The van der Waals surface area contributed by atoms with E-state index in [2.05, 4.69) is 45.3 Å². The smallest absolute Gasteiger partial charge is 0.222 e. The van der Waals surface area contributed by atoms with Crippen molar-refractivity contribution in [2.24, 2.45) is 0 Å². The molecule has 0 saturated carbocycles. The van der Waals surface area contributed by atoms with Crippen molar-refractivity contribution in [3.63, 3.8) is 0 Å². The number of anilines is 2. The lowest BCUT2D eigenvalue weighted by Crippen LogP contribution is -2.11. The molecular weight excluding hydrogens is 364 g/mol. The molecule has 0 amide bonds. The maximum atomic E-state index is 5.86. The van der Waals surface area contributed by atoms with Gasteiger partial charge in [0, 0.05) is 30.8 Å². The van der Waals surface area contributed by atoms with Crippen molar-refractivity contribution in [3.8, 4) is 5.75 Å². The number of benzene rings is 1. The zero-order chi connectivity index (χ0) is 20.8. The molecule has 7 heteroatoms. The van der Waals surface area contributed by atoms with Crippen molar-refractivity contribution in [1.29, 1.82) is 0 Å². The number of methoxy groups -OCH3 is 1. The predicted molar refractivity (Wildman–Crippen MR) is 118 cm³/mol. The standard InChI is InChI=1S/C22H30N6O/c1-5-6-11-24-21-20-18(26-22(23)27-21)10-9-17(25-20)12-15-7-8-16(14-28(2)3)19(13-15)29-4/h7-10,13H,5-6,11-12,14H2,1-4H3,(H3,23,24,26,27). The second-order valence-electron chi connectivity index (χ2n) is 7.44. The van der Waals surface area contributed by atoms with Gasteiger partial charge in [-0.05, 0) is 44.3 Å². The molecule has 3 aromatic rings. The van der Waals surface area contributed by atoms with Gasteiger partial charge in [-0.2, -0.15) is 4.98 Å². The molecule has 2 aromatic heterocycles. The molecule has 0 unspecified atom stereocenters. The molecule has 0 atom stereocenters. The van der Waals surface area contributed by atoms with Crippen LogP contribution in [0.25, 0.3) is 11.0 Å². The molecule has 1 aromatic carbocycles. The number of nitrogens with two attached hydrogens (primary N) is 1. The van der Waals surface area contributed by atoms with E-state index in [0.717, 1.165) is 54.0 Å². The Labute approximate surface area is 172 Å². The zero-order valence-electron chi connectivity index (χ0n) is 17.7. The van der Waals surface area contributed by atoms with Crippen molar-refractivity contribution in [1.82, 2.24) is 19.9 Å². The van der Waals surface area contributed by atoms with Crippen molar-refractivity contribution in [3.05, 3.63) is 47.2 Å². The number of aromatic nitrogens is 3. The van der Waals surface area contributed by atoms with Crippen LogP contribution in [0.15, 0.2) is 30.3 Å². The van der Waals surface area contributed by atoms with Gasteiger partial charge < -0.3 is 20.7 Å². The molecule has 0 aliphatic carbocycles. The highest BCUT2D eigenvalue weighted by Crippen LogP contribution is 2.24. The molecule has 2 heterocycles. The zero-order valence-corrected chi connectivity index (χ0v) is 17.7. The van der Waals surface area contributed by atoms with Crippen molar-refractivity contribution >= 4 is 22.8 Å². The summed E-state index contributed by atoms with van der Waals surface area (Å²) < 4.78 is 5.59.